The van der Waals surface area contributed by atoms with Crippen molar-refractivity contribution in [3.8, 4) is 29.1 Å². The highest BCUT2D eigenvalue weighted by molar-refractivity contribution is 5.49. The number of aryl methyl sites for hydroxylation is 1. The van der Waals surface area contributed by atoms with Crippen molar-refractivity contribution in [1.82, 2.24) is 4.90 Å². The van der Waals surface area contributed by atoms with Crippen LogP contribution in [0.3, 0.4) is 0 Å². The number of hydrogen-bond donors (Lipinski definition) is 0. The predicted molar refractivity (Wildman–Crippen MR) is 134 cm³/mol. The van der Waals surface area contributed by atoms with Gasteiger partial charge in [0.2, 0.25) is 0 Å². The molecule has 0 saturated heterocycles. The molecule has 0 fully saturated rings. The molecule has 3 aromatic carbocycles. The number of likely N-dealkylation sites (N-methyl/N-ethyl adjacent to an activating group) is 1. The summed E-state index contributed by atoms with van der Waals surface area (Å²) in [6, 6.07) is 22.4. The highest BCUT2D eigenvalue weighted by atomic mass is 16.5. The first-order chi connectivity index (χ1) is 16.1. The number of methoxy groups -OCH3 is 3. The van der Waals surface area contributed by atoms with E-state index in [1.165, 1.54) is 11.1 Å². The van der Waals surface area contributed by atoms with E-state index in [2.05, 4.69) is 48.1 Å². The van der Waals surface area contributed by atoms with E-state index in [4.69, 9.17) is 14.2 Å². The van der Waals surface area contributed by atoms with Crippen LogP contribution in [0.5, 0.6) is 17.2 Å². The summed E-state index contributed by atoms with van der Waals surface area (Å²) in [5, 5.41) is 0. The molecule has 4 heteroatoms. The topological polar surface area (TPSA) is 30.9 Å². The van der Waals surface area contributed by atoms with Gasteiger partial charge in [0.1, 0.15) is 5.75 Å². The average Bonchev–Trinajstić information content (AvgIpc) is 2.87. The van der Waals surface area contributed by atoms with Crippen LogP contribution < -0.4 is 14.2 Å². The Morgan fingerprint density at radius 3 is 2.24 bits per heavy atom. The Labute approximate surface area is 198 Å². The first-order valence-corrected chi connectivity index (χ1v) is 11.3. The van der Waals surface area contributed by atoms with E-state index >= 15 is 0 Å². The van der Waals surface area contributed by atoms with Crippen LogP contribution in [-0.4, -0.2) is 46.4 Å². The Kier molecular flexibility index (Phi) is 9.23. The summed E-state index contributed by atoms with van der Waals surface area (Å²) in [5.74, 6) is 9.03. The van der Waals surface area contributed by atoms with Gasteiger partial charge in [-0.15, -0.1) is 0 Å². The molecule has 172 valence electrons. The molecule has 3 aromatic rings. The lowest BCUT2D eigenvalue weighted by Gasteiger charge is -2.17. The molecular formula is C29H33NO3. The van der Waals surface area contributed by atoms with Gasteiger partial charge >= 0.3 is 0 Å². The Bertz CT molecular complexity index is 1080. The van der Waals surface area contributed by atoms with Crippen molar-refractivity contribution in [2.45, 2.75) is 19.3 Å². The minimum Gasteiger partial charge on any atom is -0.497 e. The third-order valence-corrected chi connectivity index (χ3v) is 5.64. The van der Waals surface area contributed by atoms with E-state index in [9.17, 15) is 0 Å². The van der Waals surface area contributed by atoms with Crippen molar-refractivity contribution in [2.75, 3.05) is 41.5 Å². The molecule has 0 heterocycles. The van der Waals surface area contributed by atoms with Gasteiger partial charge in [-0.25, -0.2) is 0 Å². The summed E-state index contributed by atoms with van der Waals surface area (Å²) in [5.41, 5.74) is 4.55. The van der Waals surface area contributed by atoms with Crippen molar-refractivity contribution in [1.29, 1.82) is 0 Å². The van der Waals surface area contributed by atoms with Crippen molar-refractivity contribution in [3.05, 3.63) is 89.0 Å². The van der Waals surface area contributed by atoms with Gasteiger partial charge in [0.05, 0.1) is 21.3 Å². The standard InChI is InChI=1S/C29H33NO3/c1-30(20-18-24-13-17-28(32-3)29(21-24)33-4)19-8-11-26-22-27(31-2)16-15-25(26)14-12-23-9-6-5-7-10-23/h5-7,9-10,13,15-17,21-22H,8,11,18-20H2,1-4H3. The first-order valence-electron chi connectivity index (χ1n) is 11.3. The monoisotopic (exact) mass is 443 g/mol. The van der Waals surface area contributed by atoms with Gasteiger partial charge in [-0.3, -0.25) is 0 Å². The van der Waals surface area contributed by atoms with E-state index < -0.39 is 0 Å². The SMILES string of the molecule is COc1ccc(C#Cc2ccccc2)c(CCCN(C)CCc2ccc(OC)c(OC)c2)c1. The minimum atomic E-state index is 0.763. The van der Waals surface area contributed by atoms with Crippen LogP contribution in [0, 0.1) is 11.8 Å². The van der Waals surface area contributed by atoms with Crippen molar-refractivity contribution >= 4 is 0 Å². The quantitative estimate of drug-likeness (QED) is 0.402. The second kappa shape index (κ2) is 12.6. The smallest absolute Gasteiger partial charge is 0.160 e. The maximum absolute atomic E-state index is 5.45. The summed E-state index contributed by atoms with van der Waals surface area (Å²) in [6.07, 6.45) is 2.97. The molecule has 0 bridgehead atoms. The van der Waals surface area contributed by atoms with Crippen LogP contribution in [0.25, 0.3) is 0 Å². The Balaban J connectivity index is 1.56. The van der Waals surface area contributed by atoms with Crippen LogP contribution in [0.4, 0.5) is 0 Å². The fourth-order valence-electron chi connectivity index (χ4n) is 3.69. The maximum Gasteiger partial charge on any atom is 0.160 e. The number of nitrogens with zero attached hydrogens (tertiary/aromatic N) is 1. The maximum atomic E-state index is 5.45. The summed E-state index contributed by atoms with van der Waals surface area (Å²) < 4.78 is 16.2. The number of ether oxygens (including phenoxy) is 3. The molecule has 0 radical (unpaired) electrons. The molecule has 4 nitrogen and oxygen atoms in total. The summed E-state index contributed by atoms with van der Waals surface area (Å²) >= 11 is 0. The van der Waals surface area contributed by atoms with Crippen LogP contribution in [-0.2, 0) is 12.8 Å². The second-order valence-corrected chi connectivity index (χ2v) is 7.99. The molecule has 0 aliphatic carbocycles. The highest BCUT2D eigenvalue weighted by Gasteiger charge is 2.07. The number of hydrogen-bond acceptors (Lipinski definition) is 4. The Morgan fingerprint density at radius 2 is 1.52 bits per heavy atom. The van der Waals surface area contributed by atoms with Crippen LogP contribution in [0.2, 0.25) is 0 Å². The fraction of sp³-hybridized carbons (Fsp3) is 0.310. The fourth-order valence-corrected chi connectivity index (χ4v) is 3.69. The lowest BCUT2D eigenvalue weighted by Crippen LogP contribution is -2.23. The van der Waals surface area contributed by atoms with E-state index in [-0.39, 0.29) is 0 Å². The predicted octanol–water partition coefficient (Wildman–Crippen LogP) is 5.22. The molecule has 0 aliphatic rings. The first kappa shape index (κ1) is 24.2. The molecule has 0 aliphatic heterocycles. The summed E-state index contributed by atoms with van der Waals surface area (Å²) in [4.78, 5) is 2.37. The lowest BCUT2D eigenvalue weighted by molar-refractivity contribution is 0.332. The molecule has 0 N–H and O–H groups in total. The number of rotatable bonds is 10. The summed E-state index contributed by atoms with van der Waals surface area (Å²) in [6.45, 7) is 1.99. The molecular weight excluding hydrogens is 410 g/mol. The largest absolute Gasteiger partial charge is 0.497 e. The Hall–Kier alpha value is -3.42. The van der Waals surface area contributed by atoms with Gasteiger partial charge in [-0.2, -0.15) is 0 Å². The molecule has 0 amide bonds. The van der Waals surface area contributed by atoms with Gasteiger partial charge in [-0.05, 0) is 86.4 Å². The normalized spacial score (nSPS) is 10.5. The zero-order valence-corrected chi connectivity index (χ0v) is 20.1. The van der Waals surface area contributed by atoms with Crippen LogP contribution >= 0.6 is 0 Å². The third kappa shape index (κ3) is 7.30. The van der Waals surface area contributed by atoms with E-state index in [0.717, 1.165) is 60.7 Å². The lowest BCUT2D eigenvalue weighted by atomic mass is 10.0. The average molecular weight is 444 g/mol. The van der Waals surface area contributed by atoms with Crippen molar-refractivity contribution < 1.29 is 14.2 Å². The highest BCUT2D eigenvalue weighted by Crippen LogP contribution is 2.27. The van der Waals surface area contributed by atoms with Crippen molar-refractivity contribution in [2.24, 2.45) is 0 Å². The summed E-state index contributed by atoms with van der Waals surface area (Å²) in [7, 11) is 7.20. The molecule has 0 unspecified atom stereocenters. The molecule has 3 rings (SSSR count). The van der Waals surface area contributed by atoms with Gasteiger partial charge < -0.3 is 19.1 Å². The Morgan fingerprint density at radius 1 is 0.727 bits per heavy atom. The van der Waals surface area contributed by atoms with Gasteiger partial charge in [0, 0.05) is 17.7 Å². The van der Waals surface area contributed by atoms with Gasteiger partial charge in [0.25, 0.3) is 0 Å². The number of benzene rings is 3. The van der Waals surface area contributed by atoms with Crippen LogP contribution in [0.1, 0.15) is 28.7 Å². The molecule has 0 spiro atoms. The van der Waals surface area contributed by atoms with Crippen LogP contribution in [0.15, 0.2) is 66.7 Å². The minimum absolute atomic E-state index is 0.763. The molecule has 0 saturated carbocycles. The molecule has 0 aromatic heterocycles. The zero-order valence-electron chi connectivity index (χ0n) is 20.1. The van der Waals surface area contributed by atoms with E-state index in [1.807, 2.05) is 42.5 Å². The van der Waals surface area contributed by atoms with Gasteiger partial charge in [-0.1, -0.05) is 36.1 Å². The zero-order chi connectivity index (χ0) is 23.5. The molecule has 0 atom stereocenters. The second-order valence-electron chi connectivity index (χ2n) is 7.99. The van der Waals surface area contributed by atoms with E-state index in [1.54, 1.807) is 21.3 Å². The molecule has 33 heavy (non-hydrogen) atoms. The van der Waals surface area contributed by atoms with Gasteiger partial charge in [0.15, 0.2) is 11.5 Å². The third-order valence-electron chi connectivity index (χ3n) is 5.64. The van der Waals surface area contributed by atoms with E-state index in [0.29, 0.717) is 0 Å². The van der Waals surface area contributed by atoms with Crippen molar-refractivity contribution in [3.63, 3.8) is 0 Å².